The molecule has 150 valence electrons. The predicted octanol–water partition coefficient (Wildman–Crippen LogP) is 4.74. The summed E-state index contributed by atoms with van der Waals surface area (Å²) in [4.78, 5) is 12.6. The molecule has 1 heterocycles. The molecule has 2 aromatic carbocycles. The summed E-state index contributed by atoms with van der Waals surface area (Å²) in [5.74, 6) is 1.93. The van der Waals surface area contributed by atoms with Gasteiger partial charge in [-0.05, 0) is 48.4 Å². The summed E-state index contributed by atoms with van der Waals surface area (Å²) in [6.07, 6.45) is 1.78. The van der Waals surface area contributed by atoms with Crippen molar-refractivity contribution < 1.29 is 14.1 Å². The van der Waals surface area contributed by atoms with Crippen LogP contribution in [0.15, 0.2) is 65.2 Å². The van der Waals surface area contributed by atoms with E-state index < -0.39 is 0 Å². The van der Waals surface area contributed by atoms with Crippen LogP contribution in [0.4, 0.5) is 0 Å². The molecule has 1 N–H and O–H groups in total. The van der Waals surface area contributed by atoms with Gasteiger partial charge in [0.1, 0.15) is 5.75 Å². The Morgan fingerprint density at radius 1 is 1.17 bits per heavy atom. The van der Waals surface area contributed by atoms with Crippen LogP contribution in [0.2, 0.25) is 0 Å². The summed E-state index contributed by atoms with van der Waals surface area (Å²) in [5.41, 5.74) is 2.63. The lowest BCUT2D eigenvalue weighted by Crippen LogP contribution is -2.58. The number of benzene rings is 2. The molecule has 1 amide bonds. The fourth-order valence-electron chi connectivity index (χ4n) is 3.99. The lowest BCUT2D eigenvalue weighted by atomic mass is 9.57. The van der Waals surface area contributed by atoms with Gasteiger partial charge in [-0.3, -0.25) is 4.79 Å². The number of carbonyl (C=O) groups excluding carboxylic acids is 1. The molecule has 1 aliphatic carbocycles. The number of hydrogen-bond acceptors (Lipinski definition) is 4. The average Bonchev–Trinajstić information content (AvgIpc) is 3.22. The molecule has 0 spiro atoms. The van der Waals surface area contributed by atoms with Crippen molar-refractivity contribution in [2.24, 2.45) is 11.3 Å². The van der Waals surface area contributed by atoms with E-state index in [-0.39, 0.29) is 17.4 Å². The van der Waals surface area contributed by atoms with Crippen molar-refractivity contribution in [3.05, 3.63) is 71.9 Å². The minimum absolute atomic E-state index is 0.00596. The lowest BCUT2D eigenvalue weighted by molar-refractivity contribution is 0.0138. The van der Waals surface area contributed by atoms with Gasteiger partial charge in [0.25, 0.3) is 5.91 Å². The Morgan fingerprint density at radius 2 is 1.90 bits per heavy atom. The van der Waals surface area contributed by atoms with E-state index in [2.05, 4.69) is 24.3 Å². The molecule has 29 heavy (non-hydrogen) atoms. The quantitative estimate of drug-likeness (QED) is 0.660. The number of ether oxygens (including phenoxy) is 1. The van der Waals surface area contributed by atoms with Gasteiger partial charge in [-0.25, -0.2) is 0 Å². The third kappa shape index (κ3) is 3.90. The van der Waals surface area contributed by atoms with Crippen LogP contribution < -0.4 is 10.1 Å². The van der Waals surface area contributed by atoms with E-state index in [0.717, 1.165) is 35.6 Å². The van der Waals surface area contributed by atoms with Gasteiger partial charge >= 0.3 is 0 Å². The highest BCUT2D eigenvalue weighted by molar-refractivity contribution is 5.94. The Hall–Kier alpha value is -3.08. The monoisotopic (exact) mass is 390 g/mol. The molecule has 3 aromatic rings. The molecule has 5 nitrogen and oxygen atoms in total. The Morgan fingerprint density at radius 3 is 2.55 bits per heavy atom. The van der Waals surface area contributed by atoms with E-state index >= 15 is 0 Å². The predicted molar refractivity (Wildman–Crippen MR) is 112 cm³/mol. The van der Waals surface area contributed by atoms with Crippen molar-refractivity contribution in [2.75, 3.05) is 7.11 Å². The third-order valence-electron chi connectivity index (χ3n) is 6.20. The summed E-state index contributed by atoms with van der Waals surface area (Å²) in [6.45, 7) is 4.41. The van der Waals surface area contributed by atoms with Gasteiger partial charge in [0.15, 0.2) is 5.76 Å². The van der Waals surface area contributed by atoms with Crippen molar-refractivity contribution in [3.8, 4) is 17.1 Å². The van der Waals surface area contributed by atoms with Crippen LogP contribution in [0.3, 0.4) is 0 Å². The van der Waals surface area contributed by atoms with Crippen LogP contribution in [-0.4, -0.2) is 24.2 Å². The lowest BCUT2D eigenvalue weighted by Gasteiger charge is -2.52. The molecule has 4 rings (SSSR count). The summed E-state index contributed by atoms with van der Waals surface area (Å²) < 4.78 is 10.7. The maximum atomic E-state index is 12.6. The first kappa shape index (κ1) is 19.2. The number of aromatic nitrogens is 1. The van der Waals surface area contributed by atoms with E-state index in [9.17, 15) is 4.79 Å². The van der Waals surface area contributed by atoms with Crippen LogP contribution in [0.25, 0.3) is 11.3 Å². The maximum absolute atomic E-state index is 12.6. The van der Waals surface area contributed by atoms with E-state index in [1.54, 1.807) is 31.4 Å². The number of methoxy groups -OCH3 is 1. The second-order valence-electron chi connectivity index (χ2n) is 8.26. The summed E-state index contributed by atoms with van der Waals surface area (Å²) in [7, 11) is 1.61. The smallest absolute Gasteiger partial charge is 0.251 e. The standard InChI is InChI=1S/C24H26N2O3/c1-24(2)18(13-19-15-21(29-26-19)16-7-5-4-6-8-16)14-22(24)25-23(27)17-9-11-20(28-3)12-10-17/h4-12,15,18,22H,13-14H2,1-3H3,(H,25,27)/t18-,22+/m1/s1. The highest BCUT2D eigenvalue weighted by Crippen LogP contribution is 2.48. The molecule has 0 bridgehead atoms. The average molecular weight is 390 g/mol. The molecule has 1 aliphatic rings. The number of nitrogens with one attached hydrogen (secondary N) is 1. The van der Waals surface area contributed by atoms with Gasteiger partial charge in [-0.2, -0.15) is 0 Å². The number of amides is 1. The van der Waals surface area contributed by atoms with Gasteiger partial charge in [0, 0.05) is 23.2 Å². The zero-order valence-electron chi connectivity index (χ0n) is 17.0. The molecule has 0 radical (unpaired) electrons. The topological polar surface area (TPSA) is 64.4 Å². The van der Waals surface area contributed by atoms with Crippen molar-refractivity contribution in [3.63, 3.8) is 0 Å². The molecule has 1 aromatic heterocycles. The van der Waals surface area contributed by atoms with Gasteiger partial charge in [0.05, 0.1) is 12.8 Å². The van der Waals surface area contributed by atoms with Crippen molar-refractivity contribution in [1.82, 2.24) is 10.5 Å². The van der Waals surface area contributed by atoms with Crippen LogP contribution in [0.1, 0.15) is 36.3 Å². The fraction of sp³-hybridized carbons (Fsp3) is 0.333. The fourth-order valence-corrected chi connectivity index (χ4v) is 3.99. The number of rotatable bonds is 6. The Kier molecular flexibility index (Phi) is 5.14. The SMILES string of the molecule is COc1ccc(C(=O)N[C@H]2C[C@@H](Cc3cc(-c4ccccc4)on3)C2(C)C)cc1. The number of carbonyl (C=O) groups is 1. The molecular weight excluding hydrogens is 364 g/mol. The van der Waals surface area contributed by atoms with Crippen molar-refractivity contribution in [2.45, 2.75) is 32.7 Å². The van der Waals surface area contributed by atoms with Crippen molar-refractivity contribution in [1.29, 1.82) is 0 Å². The zero-order chi connectivity index (χ0) is 20.4. The van der Waals surface area contributed by atoms with Gasteiger partial charge < -0.3 is 14.6 Å². The van der Waals surface area contributed by atoms with Crippen LogP contribution in [0.5, 0.6) is 5.75 Å². The maximum Gasteiger partial charge on any atom is 0.251 e. The number of nitrogens with zero attached hydrogens (tertiary/aromatic N) is 1. The van der Waals surface area contributed by atoms with E-state index in [0.29, 0.717) is 11.5 Å². The molecule has 1 fully saturated rings. The Balaban J connectivity index is 1.36. The highest BCUT2D eigenvalue weighted by atomic mass is 16.5. The zero-order valence-corrected chi connectivity index (χ0v) is 17.0. The molecule has 2 atom stereocenters. The van der Waals surface area contributed by atoms with Gasteiger partial charge in [-0.15, -0.1) is 0 Å². The first-order chi connectivity index (χ1) is 14.0. The van der Waals surface area contributed by atoms with Crippen LogP contribution >= 0.6 is 0 Å². The summed E-state index contributed by atoms with van der Waals surface area (Å²) in [6, 6.07) is 19.3. The third-order valence-corrected chi connectivity index (χ3v) is 6.20. The molecular formula is C24H26N2O3. The second-order valence-corrected chi connectivity index (χ2v) is 8.26. The molecule has 0 unspecified atom stereocenters. The van der Waals surface area contributed by atoms with E-state index in [1.807, 2.05) is 36.4 Å². The first-order valence-corrected chi connectivity index (χ1v) is 9.93. The molecule has 1 saturated carbocycles. The van der Waals surface area contributed by atoms with Gasteiger partial charge in [-0.1, -0.05) is 49.3 Å². The first-order valence-electron chi connectivity index (χ1n) is 9.93. The normalized spacial score (nSPS) is 20.0. The molecule has 0 saturated heterocycles. The largest absolute Gasteiger partial charge is 0.497 e. The van der Waals surface area contributed by atoms with Crippen LogP contribution in [0, 0.1) is 11.3 Å². The Bertz CT molecular complexity index is 977. The minimum atomic E-state index is -0.0445. The highest BCUT2D eigenvalue weighted by Gasteiger charge is 2.48. The summed E-state index contributed by atoms with van der Waals surface area (Å²) in [5, 5.41) is 7.44. The number of hydrogen-bond donors (Lipinski definition) is 1. The second kappa shape index (κ2) is 7.74. The summed E-state index contributed by atoms with van der Waals surface area (Å²) >= 11 is 0. The Labute approximate surface area is 171 Å². The van der Waals surface area contributed by atoms with Gasteiger partial charge in [0.2, 0.25) is 0 Å². The molecule has 5 heteroatoms. The van der Waals surface area contributed by atoms with E-state index in [4.69, 9.17) is 9.26 Å². The minimum Gasteiger partial charge on any atom is -0.497 e. The van der Waals surface area contributed by atoms with Crippen molar-refractivity contribution >= 4 is 5.91 Å². The van der Waals surface area contributed by atoms with E-state index in [1.165, 1.54) is 0 Å². The van der Waals surface area contributed by atoms with Crippen LogP contribution in [-0.2, 0) is 6.42 Å². The molecule has 0 aliphatic heterocycles.